The maximum atomic E-state index is 6.13. The fourth-order valence-electron chi connectivity index (χ4n) is 2.83. The highest BCUT2D eigenvalue weighted by Crippen LogP contribution is 2.49. The van der Waals surface area contributed by atoms with Crippen LogP contribution in [-0.2, 0) is 5.41 Å². The molecule has 110 valence electrons. The number of nitrogens with two attached hydrogens (primary N) is 1. The summed E-state index contributed by atoms with van der Waals surface area (Å²) < 4.78 is 11.7. The Morgan fingerprint density at radius 3 is 2.60 bits per heavy atom. The van der Waals surface area contributed by atoms with Gasteiger partial charge < -0.3 is 15.2 Å². The summed E-state index contributed by atoms with van der Waals surface area (Å²) in [5.41, 5.74) is 7.40. The average Bonchev–Trinajstić information content (AvgIpc) is 3.30. The Balaban J connectivity index is 1.77. The van der Waals surface area contributed by atoms with Gasteiger partial charge in [0.15, 0.2) is 11.5 Å². The van der Waals surface area contributed by atoms with Gasteiger partial charge in [-0.3, -0.25) is 0 Å². The molecule has 1 heterocycles. The molecule has 0 unspecified atom stereocenters. The van der Waals surface area contributed by atoms with Crippen molar-refractivity contribution in [2.24, 2.45) is 5.73 Å². The van der Waals surface area contributed by atoms with E-state index in [0.29, 0.717) is 6.10 Å². The fourth-order valence-corrected chi connectivity index (χ4v) is 3.89. The predicted octanol–water partition coefficient (Wildman–Crippen LogP) is 2.96. The lowest BCUT2D eigenvalue weighted by atomic mass is 9.96. The second-order valence-corrected chi connectivity index (χ2v) is 7.00. The number of ether oxygens (including phenoxy) is 2. The van der Waals surface area contributed by atoms with Crippen LogP contribution >= 0.6 is 11.8 Å². The molecule has 0 atom stereocenters. The number of thioether (sulfide) groups is 1. The highest BCUT2D eigenvalue weighted by Gasteiger charge is 2.43. The van der Waals surface area contributed by atoms with Crippen molar-refractivity contribution in [3.63, 3.8) is 0 Å². The molecular formula is C16H23NO2S. The van der Waals surface area contributed by atoms with Gasteiger partial charge in [0.25, 0.3) is 0 Å². The van der Waals surface area contributed by atoms with Crippen LogP contribution in [0.1, 0.15) is 31.2 Å². The lowest BCUT2D eigenvalue weighted by Crippen LogP contribution is -2.23. The zero-order chi connectivity index (χ0) is 14.0. The Labute approximate surface area is 125 Å². The molecule has 1 aliphatic carbocycles. The average molecular weight is 293 g/mol. The fraction of sp³-hybridized carbons (Fsp3) is 0.625. The largest absolute Gasteiger partial charge is 0.493 e. The van der Waals surface area contributed by atoms with E-state index in [4.69, 9.17) is 15.2 Å². The molecule has 1 saturated carbocycles. The molecule has 1 aliphatic heterocycles. The molecular weight excluding hydrogens is 270 g/mol. The van der Waals surface area contributed by atoms with E-state index in [0.717, 1.165) is 30.9 Å². The van der Waals surface area contributed by atoms with E-state index in [1.54, 1.807) is 7.11 Å². The van der Waals surface area contributed by atoms with Crippen LogP contribution in [0.25, 0.3) is 0 Å². The van der Waals surface area contributed by atoms with Crippen LogP contribution < -0.4 is 15.2 Å². The Morgan fingerprint density at radius 1 is 1.25 bits per heavy atom. The molecule has 2 aliphatic rings. The molecule has 1 saturated heterocycles. The number of hydrogen-bond acceptors (Lipinski definition) is 4. The summed E-state index contributed by atoms with van der Waals surface area (Å²) in [5.74, 6) is 4.12. The highest BCUT2D eigenvalue weighted by atomic mass is 32.2. The quantitative estimate of drug-likeness (QED) is 0.906. The first-order valence-corrected chi connectivity index (χ1v) is 8.56. The topological polar surface area (TPSA) is 44.5 Å². The van der Waals surface area contributed by atoms with Crippen molar-refractivity contribution < 1.29 is 9.47 Å². The molecule has 0 bridgehead atoms. The Bertz CT molecular complexity index is 468. The summed E-state index contributed by atoms with van der Waals surface area (Å²) in [5, 5.41) is 0. The Hall–Kier alpha value is -0.870. The smallest absolute Gasteiger partial charge is 0.161 e. The Kier molecular flexibility index (Phi) is 4.13. The van der Waals surface area contributed by atoms with Crippen molar-refractivity contribution in [3.05, 3.63) is 23.8 Å². The molecule has 3 nitrogen and oxygen atoms in total. The second-order valence-electron chi connectivity index (χ2n) is 5.78. The van der Waals surface area contributed by atoms with E-state index in [2.05, 4.69) is 18.2 Å². The lowest BCUT2D eigenvalue weighted by Gasteiger charge is -2.24. The molecule has 1 aromatic carbocycles. The van der Waals surface area contributed by atoms with Gasteiger partial charge in [-0.05, 0) is 54.9 Å². The number of methoxy groups -OCH3 is 1. The summed E-state index contributed by atoms with van der Waals surface area (Å²) in [6.45, 7) is 0.718. The first-order chi connectivity index (χ1) is 9.77. The molecule has 4 heteroatoms. The van der Waals surface area contributed by atoms with Gasteiger partial charge in [0.2, 0.25) is 0 Å². The van der Waals surface area contributed by atoms with Crippen molar-refractivity contribution in [2.75, 3.05) is 25.2 Å². The van der Waals surface area contributed by atoms with Crippen molar-refractivity contribution in [3.8, 4) is 11.5 Å². The standard InChI is InChI=1S/C16H23NO2S/c1-18-15-10-12(16(11-17)6-7-16)2-3-14(15)19-13-4-8-20-9-5-13/h2-3,10,13H,4-9,11,17H2,1H3. The summed E-state index contributed by atoms with van der Waals surface area (Å²) in [7, 11) is 1.71. The van der Waals surface area contributed by atoms with E-state index in [1.807, 2.05) is 11.8 Å². The molecule has 0 radical (unpaired) electrons. The van der Waals surface area contributed by atoms with Crippen molar-refractivity contribution >= 4 is 11.8 Å². The maximum absolute atomic E-state index is 6.13. The molecule has 0 aromatic heterocycles. The number of benzene rings is 1. The third-order valence-electron chi connectivity index (χ3n) is 4.48. The van der Waals surface area contributed by atoms with Crippen molar-refractivity contribution in [2.45, 2.75) is 37.2 Å². The summed E-state index contributed by atoms with van der Waals surface area (Å²) >= 11 is 2.01. The first kappa shape index (κ1) is 14.1. The zero-order valence-electron chi connectivity index (χ0n) is 12.1. The second kappa shape index (κ2) is 5.86. The minimum Gasteiger partial charge on any atom is -0.493 e. The summed E-state index contributed by atoms with van der Waals surface area (Å²) in [6, 6.07) is 6.34. The first-order valence-electron chi connectivity index (χ1n) is 7.40. The zero-order valence-corrected chi connectivity index (χ0v) is 12.9. The van der Waals surface area contributed by atoms with E-state index < -0.39 is 0 Å². The number of hydrogen-bond donors (Lipinski definition) is 1. The normalized spacial score (nSPS) is 21.5. The van der Waals surface area contributed by atoms with Crippen LogP contribution in [0.15, 0.2) is 18.2 Å². The van der Waals surface area contributed by atoms with Crippen LogP contribution in [0.4, 0.5) is 0 Å². The molecule has 0 spiro atoms. The van der Waals surface area contributed by atoms with E-state index in [9.17, 15) is 0 Å². The van der Waals surface area contributed by atoms with Crippen LogP contribution in [0, 0.1) is 0 Å². The lowest BCUT2D eigenvalue weighted by molar-refractivity contribution is 0.184. The van der Waals surface area contributed by atoms with E-state index in [-0.39, 0.29) is 5.41 Å². The molecule has 1 aromatic rings. The highest BCUT2D eigenvalue weighted by molar-refractivity contribution is 7.99. The van der Waals surface area contributed by atoms with Crippen LogP contribution in [0.3, 0.4) is 0 Å². The third kappa shape index (κ3) is 2.77. The predicted molar refractivity (Wildman–Crippen MR) is 83.9 cm³/mol. The summed E-state index contributed by atoms with van der Waals surface area (Å²) in [6.07, 6.45) is 4.96. The molecule has 3 rings (SSSR count). The minimum absolute atomic E-state index is 0.202. The molecule has 2 fully saturated rings. The van der Waals surface area contributed by atoms with Crippen molar-refractivity contribution in [1.29, 1.82) is 0 Å². The van der Waals surface area contributed by atoms with Gasteiger partial charge in [-0.15, -0.1) is 0 Å². The van der Waals surface area contributed by atoms with Gasteiger partial charge in [0, 0.05) is 12.0 Å². The Morgan fingerprint density at radius 2 is 2.00 bits per heavy atom. The minimum atomic E-state index is 0.202. The van der Waals surface area contributed by atoms with Gasteiger partial charge in [0.1, 0.15) is 6.10 Å². The van der Waals surface area contributed by atoms with Gasteiger partial charge in [-0.25, -0.2) is 0 Å². The van der Waals surface area contributed by atoms with Crippen molar-refractivity contribution in [1.82, 2.24) is 0 Å². The molecule has 0 amide bonds. The van der Waals surface area contributed by atoms with Gasteiger partial charge in [0.05, 0.1) is 7.11 Å². The number of rotatable bonds is 5. The van der Waals surface area contributed by atoms with Gasteiger partial charge >= 0.3 is 0 Å². The monoisotopic (exact) mass is 293 g/mol. The van der Waals surface area contributed by atoms with Gasteiger partial charge in [-0.1, -0.05) is 6.07 Å². The SMILES string of the molecule is COc1cc(C2(CN)CC2)ccc1OC1CCSCC1. The van der Waals surface area contributed by atoms with E-state index in [1.165, 1.54) is 29.9 Å². The summed E-state index contributed by atoms with van der Waals surface area (Å²) in [4.78, 5) is 0. The van der Waals surface area contributed by atoms with Crippen LogP contribution in [0.2, 0.25) is 0 Å². The maximum Gasteiger partial charge on any atom is 0.161 e. The van der Waals surface area contributed by atoms with Crippen LogP contribution in [0.5, 0.6) is 11.5 Å². The van der Waals surface area contributed by atoms with E-state index >= 15 is 0 Å². The third-order valence-corrected chi connectivity index (χ3v) is 5.53. The van der Waals surface area contributed by atoms with Crippen LogP contribution in [-0.4, -0.2) is 31.3 Å². The molecule has 20 heavy (non-hydrogen) atoms. The van der Waals surface area contributed by atoms with Gasteiger partial charge in [-0.2, -0.15) is 11.8 Å². The molecule has 2 N–H and O–H groups in total.